The first kappa shape index (κ1) is 9.40. The van der Waals surface area contributed by atoms with Gasteiger partial charge in [-0.2, -0.15) is 0 Å². The van der Waals surface area contributed by atoms with E-state index in [1.54, 1.807) is 18.9 Å². The Labute approximate surface area is 87.1 Å². The van der Waals surface area contributed by atoms with E-state index in [0.29, 0.717) is 0 Å². The van der Waals surface area contributed by atoms with Crippen molar-refractivity contribution in [3.8, 4) is 11.5 Å². The SMILES string of the molecule is COc1ccc(OC2=NCCS2)cc1. The molecule has 0 fully saturated rings. The van der Waals surface area contributed by atoms with E-state index in [1.807, 2.05) is 24.3 Å². The molecule has 2 rings (SSSR count). The third-order valence-electron chi connectivity index (χ3n) is 1.82. The highest BCUT2D eigenvalue weighted by Gasteiger charge is 2.08. The fourth-order valence-corrected chi connectivity index (χ4v) is 1.82. The molecule has 0 bridgehead atoms. The van der Waals surface area contributed by atoms with E-state index >= 15 is 0 Å². The molecule has 4 heteroatoms. The molecule has 0 radical (unpaired) electrons. The molecule has 0 unspecified atom stereocenters. The fourth-order valence-electron chi connectivity index (χ4n) is 1.12. The van der Waals surface area contributed by atoms with Crippen molar-refractivity contribution >= 4 is 17.0 Å². The van der Waals surface area contributed by atoms with Gasteiger partial charge in [0, 0.05) is 5.75 Å². The molecule has 1 aliphatic rings. The fraction of sp³-hybridized carbons (Fsp3) is 0.300. The lowest BCUT2D eigenvalue weighted by Gasteiger charge is -2.04. The highest BCUT2D eigenvalue weighted by Crippen LogP contribution is 2.20. The van der Waals surface area contributed by atoms with E-state index in [-0.39, 0.29) is 0 Å². The molecule has 0 spiro atoms. The predicted octanol–water partition coefficient (Wildman–Crippen LogP) is 2.18. The molecule has 0 aromatic heterocycles. The van der Waals surface area contributed by atoms with E-state index < -0.39 is 0 Å². The Bertz CT molecular complexity index is 334. The molecule has 14 heavy (non-hydrogen) atoms. The van der Waals surface area contributed by atoms with E-state index in [0.717, 1.165) is 29.0 Å². The van der Waals surface area contributed by atoms with Crippen molar-refractivity contribution in [2.75, 3.05) is 19.4 Å². The number of aliphatic imine (C=N–C) groups is 1. The van der Waals surface area contributed by atoms with Crippen LogP contribution in [-0.4, -0.2) is 24.6 Å². The average Bonchev–Trinajstić information content (AvgIpc) is 2.72. The molecule has 74 valence electrons. The van der Waals surface area contributed by atoms with Crippen molar-refractivity contribution in [3.05, 3.63) is 24.3 Å². The summed E-state index contributed by atoms with van der Waals surface area (Å²) >= 11 is 1.64. The molecule has 0 N–H and O–H groups in total. The van der Waals surface area contributed by atoms with Crippen LogP contribution in [0, 0.1) is 0 Å². The predicted molar refractivity (Wildman–Crippen MR) is 58.4 cm³/mol. The van der Waals surface area contributed by atoms with Crippen molar-refractivity contribution in [1.82, 2.24) is 0 Å². The normalized spacial score (nSPS) is 15.1. The molecule has 3 nitrogen and oxygen atoms in total. The van der Waals surface area contributed by atoms with E-state index in [1.165, 1.54) is 0 Å². The van der Waals surface area contributed by atoms with Crippen molar-refractivity contribution in [3.63, 3.8) is 0 Å². The summed E-state index contributed by atoms with van der Waals surface area (Å²) in [4.78, 5) is 4.20. The van der Waals surface area contributed by atoms with Crippen molar-refractivity contribution in [2.45, 2.75) is 0 Å². The van der Waals surface area contributed by atoms with Gasteiger partial charge in [-0.05, 0) is 24.3 Å². The van der Waals surface area contributed by atoms with Gasteiger partial charge in [0.2, 0.25) is 0 Å². The van der Waals surface area contributed by atoms with Gasteiger partial charge in [-0.15, -0.1) is 0 Å². The highest BCUT2D eigenvalue weighted by atomic mass is 32.2. The van der Waals surface area contributed by atoms with Crippen LogP contribution in [0.3, 0.4) is 0 Å². The lowest BCUT2D eigenvalue weighted by Crippen LogP contribution is -1.99. The van der Waals surface area contributed by atoms with Gasteiger partial charge in [0.05, 0.1) is 13.7 Å². The zero-order chi connectivity index (χ0) is 9.80. The van der Waals surface area contributed by atoms with Crippen molar-refractivity contribution in [2.24, 2.45) is 4.99 Å². The molecular weight excluding hydrogens is 198 g/mol. The first-order chi connectivity index (χ1) is 6.88. The van der Waals surface area contributed by atoms with Gasteiger partial charge in [-0.3, -0.25) is 0 Å². The smallest absolute Gasteiger partial charge is 0.251 e. The Morgan fingerprint density at radius 1 is 1.21 bits per heavy atom. The Morgan fingerprint density at radius 2 is 1.93 bits per heavy atom. The molecule has 0 saturated carbocycles. The van der Waals surface area contributed by atoms with Crippen molar-refractivity contribution < 1.29 is 9.47 Å². The third-order valence-corrected chi connectivity index (χ3v) is 2.67. The van der Waals surface area contributed by atoms with Crippen LogP contribution in [0.4, 0.5) is 0 Å². The second kappa shape index (κ2) is 4.37. The first-order valence-electron chi connectivity index (χ1n) is 4.37. The zero-order valence-corrected chi connectivity index (χ0v) is 8.71. The second-order valence-electron chi connectivity index (χ2n) is 2.77. The lowest BCUT2D eigenvalue weighted by atomic mass is 10.3. The molecule has 0 aliphatic carbocycles. The van der Waals surface area contributed by atoms with Gasteiger partial charge >= 0.3 is 0 Å². The van der Waals surface area contributed by atoms with E-state index in [9.17, 15) is 0 Å². The maximum Gasteiger partial charge on any atom is 0.251 e. The third kappa shape index (κ3) is 2.20. The van der Waals surface area contributed by atoms with Gasteiger partial charge in [-0.1, -0.05) is 11.8 Å². The topological polar surface area (TPSA) is 30.8 Å². The Hall–Kier alpha value is -1.16. The molecule has 1 heterocycles. The van der Waals surface area contributed by atoms with Gasteiger partial charge in [0.15, 0.2) is 0 Å². The number of rotatable bonds is 2. The molecule has 0 saturated heterocycles. The standard InChI is InChI=1S/C10H11NO2S/c1-12-8-2-4-9(5-3-8)13-10-11-6-7-14-10/h2-5H,6-7H2,1H3. The van der Waals surface area contributed by atoms with Crippen LogP contribution in [0.2, 0.25) is 0 Å². The minimum Gasteiger partial charge on any atom is -0.497 e. The minimum atomic E-state index is 0.759. The van der Waals surface area contributed by atoms with E-state index in [2.05, 4.69) is 4.99 Å². The summed E-state index contributed by atoms with van der Waals surface area (Å²) in [6.07, 6.45) is 0. The summed E-state index contributed by atoms with van der Waals surface area (Å²) in [7, 11) is 1.65. The van der Waals surface area contributed by atoms with Crippen LogP contribution in [0.25, 0.3) is 0 Å². The average molecular weight is 209 g/mol. The van der Waals surface area contributed by atoms with Crippen molar-refractivity contribution in [1.29, 1.82) is 0 Å². The number of hydrogen-bond donors (Lipinski definition) is 0. The maximum absolute atomic E-state index is 5.53. The van der Waals surface area contributed by atoms with Gasteiger partial charge < -0.3 is 9.47 Å². The molecule has 1 aromatic rings. The van der Waals surface area contributed by atoms with Gasteiger partial charge in [0.1, 0.15) is 11.5 Å². The van der Waals surface area contributed by atoms with Crippen LogP contribution in [0.5, 0.6) is 11.5 Å². The molecule has 1 aromatic carbocycles. The molecule has 0 atom stereocenters. The molecule has 1 aliphatic heterocycles. The number of thioether (sulfide) groups is 1. The summed E-state index contributed by atoms with van der Waals surface area (Å²) < 4.78 is 10.6. The van der Waals surface area contributed by atoms with Gasteiger partial charge in [-0.25, -0.2) is 4.99 Å². The molecule has 0 amide bonds. The van der Waals surface area contributed by atoms with Crippen LogP contribution < -0.4 is 9.47 Å². The number of benzene rings is 1. The monoisotopic (exact) mass is 209 g/mol. The van der Waals surface area contributed by atoms with Gasteiger partial charge in [0.25, 0.3) is 5.23 Å². The number of ether oxygens (including phenoxy) is 2. The highest BCUT2D eigenvalue weighted by molar-refractivity contribution is 8.13. The zero-order valence-electron chi connectivity index (χ0n) is 7.90. The van der Waals surface area contributed by atoms with E-state index in [4.69, 9.17) is 9.47 Å². The summed E-state index contributed by atoms with van der Waals surface area (Å²) in [6, 6.07) is 7.49. The Morgan fingerprint density at radius 3 is 2.50 bits per heavy atom. The van der Waals surface area contributed by atoms with Crippen LogP contribution in [0.1, 0.15) is 0 Å². The summed E-state index contributed by atoms with van der Waals surface area (Å²) in [5.41, 5.74) is 0. The van der Waals surface area contributed by atoms with Crippen LogP contribution >= 0.6 is 11.8 Å². The van der Waals surface area contributed by atoms with Crippen LogP contribution in [0.15, 0.2) is 29.3 Å². The largest absolute Gasteiger partial charge is 0.497 e. The minimum absolute atomic E-state index is 0.759. The number of hydrogen-bond acceptors (Lipinski definition) is 4. The number of nitrogens with zero attached hydrogens (tertiary/aromatic N) is 1. The Balaban J connectivity index is 2.02. The van der Waals surface area contributed by atoms with Crippen LogP contribution in [-0.2, 0) is 0 Å². The lowest BCUT2D eigenvalue weighted by molar-refractivity contribution is 0.414. The Kier molecular flexibility index (Phi) is 2.93. The molecular formula is C10H11NO2S. The summed E-state index contributed by atoms with van der Waals surface area (Å²) in [6.45, 7) is 0.857. The summed E-state index contributed by atoms with van der Waals surface area (Å²) in [5, 5.41) is 0.759. The second-order valence-corrected chi connectivity index (χ2v) is 3.82. The summed E-state index contributed by atoms with van der Waals surface area (Å²) in [5.74, 6) is 2.66. The first-order valence-corrected chi connectivity index (χ1v) is 5.36. The quantitative estimate of drug-likeness (QED) is 0.748. The number of methoxy groups -OCH3 is 1. The maximum atomic E-state index is 5.53.